The van der Waals surface area contributed by atoms with Crippen LogP contribution < -0.4 is 5.32 Å². The molecule has 0 bridgehead atoms. The molecule has 1 unspecified atom stereocenters. The number of methoxy groups -OCH3 is 1. The maximum Gasteiger partial charge on any atom is 0.261 e. The molecule has 1 fully saturated rings. The van der Waals surface area contributed by atoms with Crippen molar-refractivity contribution in [3.05, 3.63) is 52.2 Å². The molecule has 4 rings (SSSR count). The van der Waals surface area contributed by atoms with Crippen molar-refractivity contribution in [1.29, 1.82) is 0 Å². The minimum Gasteiger partial charge on any atom is -0.383 e. The van der Waals surface area contributed by atoms with Gasteiger partial charge < -0.3 is 19.7 Å². The van der Waals surface area contributed by atoms with Crippen molar-refractivity contribution in [3.8, 4) is 0 Å². The number of aromatic amines is 1. The van der Waals surface area contributed by atoms with E-state index in [4.69, 9.17) is 9.47 Å². The Balaban J connectivity index is 1.64. The van der Waals surface area contributed by atoms with Gasteiger partial charge in [-0.2, -0.15) is 5.10 Å². The van der Waals surface area contributed by atoms with Gasteiger partial charge in [0.25, 0.3) is 11.8 Å². The van der Waals surface area contributed by atoms with Crippen LogP contribution in [0.5, 0.6) is 0 Å². The molecule has 0 saturated carbocycles. The molecule has 158 valence electrons. The number of carbonyl (C=O) groups excluding carboxylic acids is 2. The number of aryl methyl sites for hydroxylation is 1. The third kappa shape index (κ3) is 3.96. The first-order valence-corrected chi connectivity index (χ1v) is 10.6. The van der Waals surface area contributed by atoms with Gasteiger partial charge in [-0.1, -0.05) is 18.2 Å². The van der Waals surface area contributed by atoms with Gasteiger partial charge in [0.15, 0.2) is 0 Å². The highest BCUT2D eigenvalue weighted by Crippen LogP contribution is 2.38. The van der Waals surface area contributed by atoms with Crippen LogP contribution in [0.3, 0.4) is 0 Å². The lowest BCUT2D eigenvalue weighted by Gasteiger charge is -2.33. The Labute approximate surface area is 178 Å². The van der Waals surface area contributed by atoms with E-state index in [1.807, 2.05) is 31.2 Å². The Morgan fingerprint density at radius 3 is 3.00 bits per heavy atom. The van der Waals surface area contributed by atoms with Crippen molar-refractivity contribution >= 4 is 33.2 Å². The van der Waals surface area contributed by atoms with Gasteiger partial charge in [0.05, 0.1) is 36.4 Å². The molecule has 2 aromatic heterocycles. The average Bonchev–Trinajstić information content (AvgIpc) is 3.37. The van der Waals surface area contributed by atoms with E-state index in [0.717, 1.165) is 21.3 Å². The van der Waals surface area contributed by atoms with Crippen molar-refractivity contribution in [3.63, 3.8) is 0 Å². The number of amides is 2. The van der Waals surface area contributed by atoms with Crippen LogP contribution in [-0.4, -0.2) is 66.9 Å². The summed E-state index contributed by atoms with van der Waals surface area (Å²) >= 11 is 1.44. The van der Waals surface area contributed by atoms with Crippen LogP contribution in [0.1, 0.15) is 37.4 Å². The third-order valence-electron chi connectivity index (χ3n) is 5.17. The van der Waals surface area contributed by atoms with Crippen molar-refractivity contribution in [2.75, 3.05) is 40.0 Å². The number of benzene rings is 1. The van der Waals surface area contributed by atoms with Crippen LogP contribution in [-0.2, 0) is 9.47 Å². The number of aromatic nitrogens is 2. The number of H-pyrrole nitrogens is 1. The molecule has 8 nitrogen and oxygen atoms in total. The summed E-state index contributed by atoms with van der Waals surface area (Å²) < 4.78 is 12.1. The molecule has 2 amide bonds. The fourth-order valence-electron chi connectivity index (χ4n) is 3.65. The Morgan fingerprint density at radius 1 is 1.40 bits per heavy atom. The summed E-state index contributed by atoms with van der Waals surface area (Å²) in [6.07, 6.45) is 1.17. The largest absolute Gasteiger partial charge is 0.383 e. The highest BCUT2D eigenvalue weighted by molar-refractivity contribution is 7.21. The summed E-state index contributed by atoms with van der Waals surface area (Å²) in [5.74, 6) is -0.235. The summed E-state index contributed by atoms with van der Waals surface area (Å²) in [5, 5.41) is 10.7. The number of morpholine rings is 1. The third-order valence-corrected chi connectivity index (χ3v) is 6.35. The van der Waals surface area contributed by atoms with Crippen molar-refractivity contribution in [1.82, 2.24) is 20.4 Å². The summed E-state index contributed by atoms with van der Waals surface area (Å²) in [4.78, 5) is 28.3. The zero-order valence-corrected chi connectivity index (χ0v) is 17.8. The van der Waals surface area contributed by atoms with E-state index in [-0.39, 0.29) is 17.9 Å². The van der Waals surface area contributed by atoms with Gasteiger partial charge in [-0.15, -0.1) is 11.3 Å². The molecule has 0 aliphatic carbocycles. The second-order valence-corrected chi connectivity index (χ2v) is 8.16. The van der Waals surface area contributed by atoms with Crippen LogP contribution in [0.4, 0.5) is 0 Å². The smallest absolute Gasteiger partial charge is 0.261 e. The lowest BCUT2D eigenvalue weighted by Crippen LogP contribution is -2.42. The fourth-order valence-corrected chi connectivity index (χ4v) is 4.82. The lowest BCUT2D eigenvalue weighted by atomic mass is 10.0. The second-order valence-electron chi connectivity index (χ2n) is 7.11. The number of nitrogens with zero attached hydrogens (tertiary/aromatic N) is 2. The number of carbonyl (C=O) groups is 2. The Kier molecular flexibility index (Phi) is 6.12. The molecule has 1 atom stereocenters. The zero-order valence-electron chi connectivity index (χ0n) is 16.9. The number of rotatable bonds is 6. The first kappa shape index (κ1) is 20.5. The Bertz CT molecular complexity index is 1060. The molecule has 1 aliphatic heterocycles. The minimum atomic E-state index is -0.380. The van der Waals surface area contributed by atoms with Gasteiger partial charge in [-0.25, -0.2) is 0 Å². The standard InChI is InChI=1S/C21H24N4O4S/c1-13-15(11-23-24-13)21(27)25-8-10-29-16(12-25)18-14-5-3-4-6-17(14)30-19(18)20(26)22-7-9-28-2/h3-6,11,16H,7-10,12H2,1-2H3,(H,22,26)(H,23,24). The van der Waals surface area contributed by atoms with Crippen LogP contribution in [0.15, 0.2) is 30.5 Å². The average molecular weight is 429 g/mol. The first-order valence-electron chi connectivity index (χ1n) is 9.79. The molecular weight excluding hydrogens is 404 g/mol. The van der Waals surface area contributed by atoms with E-state index >= 15 is 0 Å². The molecular formula is C21H24N4O4S. The van der Waals surface area contributed by atoms with Crippen molar-refractivity contribution in [2.45, 2.75) is 13.0 Å². The summed E-state index contributed by atoms with van der Waals surface area (Å²) in [6.45, 7) is 3.98. The predicted octanol–water partition coefficient (Wildman–Crippen LogP) is 2.52. The number of hydrogen-bond donors (Lipinski definition) is 2. The quantitative estimate of drug-likeness (QED) is 0.588. The van der Waals surface area contributed by atoms with Gasteiger partial charge >= 0.3 is 0 Å². The molecule has 0 spiro atoms. The number of fused-ring (bicyclic) bond motifs is 1. The predicted molar refractivity (Wildman–Crippen MR) is 114 cm³/mol. The topological polar surface area (TPSA) is 96.5 Å². The van der Waals surface area contributed by atoms with Gasteiger partial charge in [-0.05, 0) is 18.4 Å². The van der Waals surface area contributed by atoms with Crippen molar-refractivity contribution < 1.29 is 19.1 Å². The first-order chi connectivity index (χ1) is 14.6. The zero-order chi connectivity index (χ0) is 21.1. The highest BCUT2D eigenvalue weighted by atomic mass is 32.1. The van der Waals surface area contributed by atoms with E-state index in [1.54, 1.807) is 18.2 Å². The Hall–Kier alpha value is -2.75. The van der Waals surface area contributed by atoms with E-state index in [0.29, 0.717) is 43.3 Å². The molecule has 30 heavy (non-hydrogen) atoms. The van der Waals surface area contributed by atoms with Crippen molar-refractivity contribution in [2.24, 2.45) is 0 Å². The summed E-state index contributed by atoms with van der Waals surface area (Å²) in [6, 6.07) is 7.90. The molecule has 1 aromatic carbocycles. The summed E-state index contributed by atoms with van der Waals surface area (Å²) in [7, 11) is 1.60. The van der Waals surface area contributed by atoms with E-state index < -0.39 is 0 Å². The molecule has 9 heteroatoms. The molecule has 0 radical (unpaired) electrons. The molecule has 3 aromatic rings. The van der Waals surface area contributed by atoms with E-state index in [2.05, 4.69) is 15.5 Å². The maximum absolute atomic E-state index is 13.0. The van der Waals surface area contributed by atoms with E-state index in [9.17, 15) is 9.59 Å². The van der Waals surface area contributed by atoms with Crippen LogP contribution >= 0.6 is 11.3 Å². The normalized spacial score (nSPS) is 16.7. The second kappa shape index (κ2) is 8.95. The monoisotopic (exact) mass is 428 g/mol. The molecule has 2 N–H and O–H groups in total. The van der Waals surface area contributed by atoms with Gasteiger partial charge in [0.2, 0.25) is 0 Å². The van der Waals surface area contributed by atoms with Gasteiger partial charge in [-0.3, -0.25) is 14.7 Å². The van der Waals surface area contributed by atoms with E-state index in [1.165, 1.54) is 11.3 Å². The molecule has 3 heterocycles. The fraction of sp³-hybridized carbons (Fsp3) is 0.381. The van der Waals surface area contributed by atoms with Crippen LogP contribution in [0.25, 0.3) is 10.1 Å². The number of nitrogens with one attached hydrogen (secondary N) is 2. The SMILES string of the molecule is COCCNC(=O)c1sc2ccccc2c1C1CN(C(=O)c2cn[nH]c2C)CCO1. The minimum absolute atomic E-state index is 0.0832. The van der Waals surface area contributed by atoms with Crippen LogP contribution in [0.2, 0.25) is 0 Å². The number of thiophene rings is 1. The van der Waals surface area contributed by atoms with Gasteiger partial charge in [0.1, 0.15) is 6.10 Å². The van der Waals surface area contributed by atoms with Crippen LogP contribution in [0, 0.1) is 6.92 Å². The lowest BCUT2D eigenvalue weighted by molar-refractivity contribution is -0.0222. The highest BCUT2D eigenvalue weighted by Gasteiger charge is 2.32. The molecule has 1 aliphatic rings. The molecule has 1 saturated heterocycles. The number of hydrogen-bond acceptors (Lipinski definition) is 6. The Morgan fingerprint density at radius 2 is 2.23 bits per heavy atom. The summed E-state index contributed by atoms with van der Waals surface area (Å²) in [5.41, 5.74) is 2.14. The maximum atomic E-state index is 13.0. The van der Waals surface area contributed by atoms with Gasteiger partial charge in [0, 0.05) is 36.2 Å². The number of ether oxygens (including phenoxy) is 2.